The fourth-order valence-corrected chi connectivity index (χ4v) is 4.60. The van der Waals surface area contributed by atoms with Crippen molar-refractivity contribution in [3.05, 3.63) is 70.9 Å². The molecule has 1 heterocycles. The molecule has 0 unspecified atom stereocenters. The Kier molecular flexibility index (Phi) is 5.91. The maximum absolute atomic E-state index is 12.4. The van der Waals surface area contributed by atoms with Gasteiger partial charge in [-0.05, 0) is 47.6 Å². The summed E-state index contributed by atoms with van der Waals surface area (Å²) >= 11 is 0.876. The normalized spacial score (nSPS) is 13.1. The minimum Gasteiger partial charge on any atom is -0.478 e. The van der Waals surface area contributed by atoms with Crippen LogP contribution in [0.4, 0.5) is 9.80 Å². The summed E-state index contributed by atoms with van der Waals surface area (Å²) in [6.07, 6.45) is -0.728. The van der Waals surface area contributed by atoms with Crippen LogP contribution >= 0.6 is 11.5 Å². The lowest BCUT2D eigenvalue weighted by Gasteiger charge is -2.17. The molecule has 0 aliphatic heterocycles. The molecule has 0 spiro atoms. The van der Waals surface area contributed by atoms with Gasteiger partial charge in [-0.1, -0.05) is 48.5 Å². The second kappa shape index (κ2) is 8.80. The van der Waals surface area contributed by atoms with Crippen LogP contribution in [0.5, 0.6) is 0 Å². The number of amides is 2. The van der Waals surface area contributed by atoms with E-state index in [2.05, 4.69) is 15.0 Å². The molecule has 4 rings (SSSR count). The van der Waals surface area contributed by atoms with Gasteiger partial charge in [0, 0.05) is 5.92 Å². The zero-order chi connectivity index (χ0) is 22.8. The Balaban J connectivity index is 1.37. The van der Waals surface area contributed by atoms with Crippen molar-refractivity contribution in [2.45, 2.75) is 25.8 Å². The van der Waals surface area contributed by atoms with Crippen LogP contribution < -0.4 is 10.6 Å². The minimum atomic E-state index is -1.18. The van der Waals surface area contributed by atoms with Gasteiger partial charge in [0.1, 0.15) is 23.2 Å². The van der Waals surface area contributed by atoms with Crippen molar-refractivity contribution in [1.82, 2.24) is 9.69 Å². The number of aromatic carboxylic acids is 1. The van der Waals surface area contributed by atoms with Crippen molar-refractivity contribution in [3.8, 4) is 11.1 Å². The van der Waals surface area contributed by atoms with Gasteiger partial charge in [0.05, 0.1) is 5.69 Å². The van der Waals surface area contributed by atoms with Gasteiger partial charge < -0.3 is 20.5 Å². The number of nitrogens with zero attached hydrogens (tertiary/aromatic N) is 1. The number of carbonyl (C=O) groups excluding carboxylic acids is 2. The molecule has 3 aromatic rings. The number of anilines is 1. The molecular formula is C23H21N3O5S. The standard InChI is InChI=1S/C23H21N3O5S/c1-12-19(22(28)29)21(32-26-12)25-20(27)13(2)24-23(30)31-11-18-16-9-5-3-7-14(16)15-8-4-6-10-17(15)18/h3-10,13,18H,11H2,1-2H3,(H,24,30)(H,25,27)(H,28,29)/t13-/m1/s1. The first kappa shape index (κ1) is 21.5. The molecule has 32 heavy (non-hydrogen) atoms. The van der Waals surface area contributed by atoms with E-state index in [9.17, 15) is 19.5 Å². The molecular weight excluding hydrogens is 430 g/mol. The van der Waals surface area contributed by atoms with Gasteiger partial charge in [-0.2, -0.15) is 4.37 Å². The molecule has 9 heteroatoms. The van der Waals surface area contributed by atoms with Gasteiger partial charge in [-0.15, -0.1) is 0 Å². The number of carboxylic acids is 1. The number of rotatable bonds is 6. The van der Waals surface area contributed by atoms with Crippen molar-refractivity contribution in [2.75, 3.05) is 11.9 Å². The van der Waals surface area contributed by atoms with Crippen LogP contribution in [-0.2, 0) is 9.53 Å². The highest BCUT2D eigenvalue weighted by atomic mass is 32.1. The largest absolute Gasteiger partial charge is 0.478 e. The quantitative estimate of drug-likeness (QED) is 0.521. The fourth-order valence-electron chi connectivity index (χ4n) is 3.81. The summed E-state index contributed by atoms with van der Waals surface area (Å²) in [5, 5.41) is 14.4. The molecule has 0 fully saturated rings. The van der Waals surface area contributed by atoms with Crippen LogP contribution in [0.25, 0.3) is 11.1 Å². The first-order chi connectivity index (χ1) is 15.4. The summed E-state index contributed by atoms with van der Waals surface area (Å²) in [6, 6.07) is 15.1. The van der Waals surface area contributed by atoms with E-state index >= 15 is 0 Å². The van der Waals surface area contributed by atoms with Crippen LogP contribution in [0, 0.1) is 6.92 Å². The lowest BCUT2D eigenvalue weighted by atomic mass is 9.98. The molecule has 0 radical (unpaired) electrons. The van der Waals surface area contributed by atoms with E-state index in [1.54, 1.807) is 6.92 Å². The number of nitrogens with one attached hydrogen (secondary N) is 2. The molecule has 2 amide bonds. The van der Waals surface area contributed by atoms with Crippen LogP contribution in [-0.4, -0.2) is 40.1 Å². The minimum absolute atomic E-state index is 0.0586. The van der Waals surface area contributed by atoms with Gasteiger partial charge in [0.25, 0.3) is 0 Å². The zero-order valence-electron chi connectivity index (χ0n) is 17.4. The topological polar surface area (TPSA) is 118 Å². The third-order valence-corrected chi connectivity index (χ3v) is 6.24. The van der Waals surface area contributed by atoms with E-state index in [0.717, 1.165) is 33.8 Å². The maximum Gasteiger partial charge on any atom is 0.407 e. The Morgan fingerprint density at radius 2 is 1.69 bits per heavy atom. The smallest absolute Gasteiger partial charge is 0.407 e. The number of hydrogen-bond donors (Lipinski definition) is 3. The van der Waals surface area contributed by atoms with E-state index in [1.165, 1.54) is 6.92 Å². The Morgan fingerprint density at radius 3 is 2.28 bits per heavy atom. The van der Waals surface area contributed by atoms with Crippen molar-refractivity contribution in [2.24, 2.45) is 0 Å². The third-order valence-electron chi connectivity index (χ3n) is 5.38. The first-order valence-electron chi connectivity index (χ1n) is 9.98. The van der Waals surface area contributed by atoms with Crippen LogP contribution in [0.2, 0.25) is 0 Å². The Hall–Kier alpha value is -3.72. The molecule has 1 atom stereocenters. The van der Waals surface area contributed by atoms with Gasteiger partial charge in [0.2, 0.25) is 5.91 Å². The first-order valence-corrected chi connectivity index (χ1v) is 10.8. The number of ether oxygens (including phenoxy) is 1. The van der Waals surface area contributed by atoms with Crippen LogP contribution in [0.15, 0.2) is 48.5 Å². The van der Waals surface area contributed by atoms with E-state index in [1.807, 2.05) is 48.5 Å². The number of alkyl carbamates (subject to hydrolysis) is 1. The van der Waals surface area contributed by atoms with Gasteiger partial charge in [-0.25, -0.2) is 9.59 Å². The lowest BCUT2D eigenvalue weighted by Crippen LogP contribution is -2.42. The molecule has 2 aromatic carbocycles. The zero-order valence-corrected chi connectivity index (χ0v) is 18.2. The second-order valence-corrected chi connectivity index (χ2v) is 8.23. The van der Waals surface area contributed by atoms with E-state index in [-0.39, 0.29) is 23.1 Å². The molecule has 0 saturated heterocycles. The average molecular weight is 452 g/mol. The van der Waals surface area contributed by atoms with E-state index < -0.39 is 24.0 Å². The van der Waals surface area contributed by atoms with E-state index in [0.29, 0.717) is 5.69 Å². The van der Waals surface area contributed by atoms with Crippen LogP contribution in [0.1, 0.15) is 40.0 Å². The lowest BCUT2D eigenvalue weighted by molar-refractivity contribution is -0.117. The Bertz CT molecular complexity index is 1160. The third kappa shape index (κ3) is 4.06. The number of hydrogen-bond acceptors (Lipinski definition) is 6. The molecule has 1 aliphatic rings. The highest BCUT2D eigenvalue weighted by molar-refractivity contribution is 7.11. The fraction of sp³-hybridized carbons (Fsp3) is 0.217. The van der Waals surface area contributed by atoms with Gasteiger partial charge >= 0.3 is 12.1 Å². The predicted octanol–water partition coefficient (Wildman–Crippen LogP) is 4.02. The molecule has 1 aromatic heterocycles. The monoisotopic (exact) mass is 451 g/mol. The highest BCUT2D eigenvalue weighted by Crippen LogP contribution is 2.44. The van der Waals surface area contributed by atoms with E-state index in [4.69, 9.17) is 4.74 Å². The van der Waals surface area contributed by atoms with Gasteiger partial charge in [0.15, 0.2) is 0 Å². The van der Waals surface area contributed by atoms with Crippen molar-refractivity contribution < 1.29 is 24.2 Å². The molecule has 3 N–H and O–H groups in total. The molecule has 0 bridgehead atoms. The number of carboxylic acid groups (broad SMARTS) is 1. The number of fused-ring (bicyclic) bond motifs is 3. The van der Waals surface area contributed by atoms with Gasteiger partial charge in [-0.3, -0.25) is 4.79 Å². The molecule has 1 aliphatic carbocycles. The number of carbonyl (C=O) groups is 3. The maximum atomic E-state index is 12.4. The molecule has 8 nitrogen and oxygen atoms in total. The summed E-state index contributed by atoms with van der Waals surface area (Å²) in [5.74, 6) is -1.83. The van der Waals surface area contributed by atoms with Crippen molar-refractivity contribution in [1.29, 1.82) is 0 Å². The highest BCUT2D eigenvalue weighted by Gasteiger charge is 2.29. The number of aromatic nitrogens is 1. The number of aryl methyl sites for hydroxylation is 1. The molecule has 0 saturated carbocycles. The van der Waals surface area contributed by atoms with Crippen molar-refractivity contribution in [3.63, 3.8) is 0 Å². The van der Waals surface area contributed by atoms with Crippen LogP contribution in [0.3, 0.4) is 0 Å². The summed E-state index contributed by atoms with van der Waals surface area (Å²) in [5.41, 5.74) is 4.69. The summed E-state index contributed by atoms with van der Waals surface area (Å²) in [6.45, 7) is 3.17. The second-order valence-electron chi connectivity index (χ2n) is 7.46. The van der Waals surface area contributed by atoms with Crippen molar-refractivity contribution >= 4 is 34.5 Å². The average Bonchev–Trinajstić information content (AvgIpc) is 3.29. The summed E-state index contributed by atoms with van der Waals surface area (Å²) in [7, 11) is 0. The summed E-state index contributed by atoms with van der Waals surface area (Å²) < 4.78 is 9.40. The number of benzene rings is 2. The predicted molar refractivity (Wildman–Crippen MR) is 120 cm³/mol. The SMILES string of the molecule is Cc1nsc(NC(=O)[C@@H](C)NC(=O)OCC2c3ccccc3-c3ccccc32)c1C(=O)O. The Morgan fingerprint density at radius 1 is 1.09 bits per heavy atom. The Labute approximate surface area is 188 Å². The summed E-state index contributed by atoms with van der Waals surface area (Å²) in [4.78, 5) is 36.1. The molecule has 164 valence electrons.